The lowest BCUT2D eigenvalue weighted by atomic mass is 10.1. The van der Waals surface area contributed by atoms with Gasteiger partial charge in [-0.1, -0.05) is 12.2 Å². The van der Waals surface area contributed by atoms with Gasteiger partial charge in [0.05, 0.1) is 5.57 Å². The zero-order valence-corrected chi connectivity index (χ0v) is 7.97. The predicted octanol–water partition coefficient (Wildman–Crippen LogP) is 2.27. The van der Waals surface area contributed by atoms with E-state index in [1.54, 1.807) is 36.5 Å². The fourth-order valence-corrected chi connectivity index (χ4v) is 1.56. The third-order valence-electron chi connectivity index (χ3n) is 2.27. The first-order valence-electron chi connectivity index (χ1n) is 4.58. The van der Waals surface area contributed by atoms with E-state index in [-0.39, 0.29) is 11.3 Å². The number of carboxylic acids is 1. The Morgan fingerprint density at radius 1 is 1.13 bits per heavy atom. The van der Waals surface area contributed by atoms with Gasteiger partial charge in [0.1, 0.15) is 5.76 Å². The third kappa shape index (κ3) is 2.07. The van der Waals surface area contributed by atoms with Gasteiger partial charge in [0, 0.05) is 0 Å². The Morgan fingerprint density at radius 2 is 1.93 bits per heavy atom. The van der Waals surface area contributed by atoms with Crippen LogP contribution in [-0.4, -0.2) is 16.2 Å². The summed E-state index contributed by atoms with van der Waals surface area (Å²) in [7, 11) is 0. The lowest BCUT2D eigenvalue weighted by Crippen LogP contribution is -1.97. The number of rotatable bonds is 1. The lowest BCUT2D eigenvalue weighted by molar-refractivity contribution is -0.132. The van der Waals surface area contributed by atoms with Crippen LogP contribution < -0.4 is 0 Å². The molecule has 2 aliphatic rings. The van der Waals surface area contributed by atoms with Crippen LogP contribution in [0.1, 0.15) is 6.42 Å². The summed E-state index contributed by atoms with van der Waals surface area (Å²) in [6, 6.07) is 0. The number of hydrogen-bond donors (Lipinski definition) is 2. The molecule has 0 radical (unpaired) electrons. The Morgan fingerprint density at radius 3 is 2.67 bits per heavy atom. The molecule has 3 nitrogen and oxygen atoms in total. The van der Waals surface area contributed by atoms with Crippen LogP contribution in [0.15, 0.2) is 58.9 Å². The third-order valence-corrected chi connectivity index (χ3v) is 2.27. The Balaban J connectivity index is 2.49. The maximum absolute atomic E-state index is 10.8. The van der Waals surface area contributed by atoms with Crippen LogP contribution in [0, 0.1) is 0 Å². The van der Waals surface area contributed by atoms with E-state index in [1.807, 2.05) is 0 Å². The first kappa shape index (κ1) is 9.52. The molecule has 2 N–H and O–H groups in total. The second-order valence-electron chi connectivity index (χ2n) is 3.47. The number of carboxylic acid groups (broad SMARTS) is 1. The van der Waals surface area contributed by atoms with Gasteiger partial charge in [0.25, 0.3) is 0 Å². The number of fused-ring (bicyclic) bond motifs is 2. The van der Waals surface area contributed by atoms with Crippen molar-refractivity contribution in [1.29, 1.82) is 0 Å². The minimum atomic E-state index is -0.938. The normalized spacial score (nSPS) is 19.2. The molecule has 0 aromatic heterocycles. The van der Waals surface area contributed by atoms with Crippen LogP contribution in [0.5, 0.6) is 0 Å². The smallest absolute Gasteiger partial charge is 0.335 e. The molecule has 2 rings (SSSR count). The molecule has 76 valence electrons. The zero-order chi connectivity index (χ0) is 10.8. The summed E-state index contributed by atoms with van der Waals surface area (Å²) in [4.78, 5) is 10.8. The van der Waals surface area contributed by atoms with E-state index in [9.17, 15) is 9.90 Å². The highest BCUT2D eigenvalue weighted by Crippen LogP contribution is 2.24. The van der Waals surface area contributed by atoms with Crippen LogP contribution in [-0.2, 0) is 4.79 Å². The fraction of sp³-hybridized carbons (Fsp3) is 0.0833. The van der Waals surface area contributed by atoms with Gasteiger partial charge in [-0.05, 0) is 41.9 Å². The Labute approximate surface area is 87.0 Å². The van der Waals surface area contributed by atoms with E-state index in [1.165, 1.54) is 0 Å². The minimum absolute atomic E-state index is 0.192. The summed E-state index contributed by atoms with van der Waals surface area (Å²) in [5, 5.41) is 18.2. The van der Waals surface area contributed by atoms with Crippen molar-refractivity contribution in [3.05, 3.63) is 58.9 Å². The molecule has 0 amide bonds. The molecule has 0 saturated carbocycles. The molecule has 0 aliphatic heterocycles. The van der Waals surface area contributed by atoms with Crippen molar-refractivity contribution >= 4 is 5.97 Å². The van der Waals surface area contributed by atoms with Crippen LogP contribution >= 0.6 is 0 Å². The monoisotopic (exact) mass is 202 g/mol. The largest absolute Gasteiger partial charge is 0.508 e. The van der Waals surface area contributed by atoms with E-state index < -0.39 is 5.97 Å². The van der Waals surface area contributed by atoms with E-state index in [0.29, 0.717) is 6.42 Å². The van der Waals surface area contributed by atoms with Crippen LogP contribution in [0.4, 0.5) is 0 Å². The molecular weight excluding hydrogens is 192 g/mol. The van der Waals surface area contributed by atoms with Gasteiger partial charge in [-0.25, -0.2) is 4.79 Å². The molecule has 0 aromatic rings. The summed E-state index contributed by atoms with van der Waals surface area (Å²) in [6.45, 7) is 0. The van der Waals surface area contributed by atoms with Gasteiger partial charge in [-0.2, -0.15) is 0 Å². The Hall–Kier alpha value is -2.03. The molecule has 15 heavy (non-hydrogen) atoms. The lowest BCUT2D eigenvalue weighted by Gasteiger charge is -1.97. The van der Waals surface area contributed by atoms with Crippen LogP contribution in [0.2, 0.25) is 0 Å². The fourth-order valence-electron chi connectivity index (χ4n) is 1.56. The molecule has 2 aliphatic carbocycles. The molecular formula is C12H10O3. The van der Waals surface area contributed by atoms with Crippen LogP contribution in [0.25, 0.3) is 0 Å². The quantitative estimate of drug-likeness (QED) is 0.685. The Kier molecular flexibility index (Phi) is 2.29. The van der Waals surface area contributed by atoms with Crippen molar-refractivity contribution in [2.75, 3.05) is 0 Å². The van der Waals surface area contributed by atoms with Gasteiger partial charge >= 0.3 is 5.97 Å². The van der Waals surface area contributed by atoms with Crippen molar-refractivity contribution in [2.24, 2.45) is 0 Å². The van der Waals surface area contributed by atoms with Gasteiger partial charge < -0.3 is 10.2 Å². The standard InChI is InChI=1S/C12H10O3/c13-11-4-2-8-5-9(7-11)1-3-10(6-8)12(14)15/h1-4,6-7,13H,5H2,(H,14,15). The van der Waals surface area contributed by atoms with Crippen LogP contribution in [0.3, 0.4) is 0 Å². The van der Waals surface area contributed by atoms with E-state index in [2.05, 4.69) is 0 Å². The molecule has 0 heterocycles. The highest BCUT2D eigenvalue weighted by atomic mass is 16.4. The predicted molar refractivity (Wildman–Crippen MR) is 56.4 cm³/mol. The molecule has 0 spiro atoms. The topological polar surface area (TPSA) is 57.5 Å². The SMILES string of the molecule is O=C(O)C1=CC2=CC=C(O)C=C(C=C1)C2. The summed E-state index contributed by atoms with van der Waals surface area (Å²) in [6.07, 6.45) is 10.5. The van der Waals surface area contributed by atoms with E-state index in [0.717, 1.165) is 11.1 Å². The molecule has 0 fully saturated rings. The van der Waals surface area contributed by atoms with Crippen molar-refractivity contribution in [1.82, 2.24) is 0 Å². The Bertz CT molecular complexity index is 459. The van der Waals surface area contributed by atoms with E-state index in [4.69, 9.17) is 5.11 Å². The number of aliphatic hydroxyl groups excluding tert-OH is 1. The number of aliphatic hydroxyl groups is 1. The highest BCUT2D eigenvalue weighted by molar-refractivity contribution is 5.91. The maximum atomic E-state index is 10.8. The minimum Gasteiger partial charge on any atom is -0.508 e. The molecule has 0 unspecified atom stereocenters. The molecule has 0 aromatic carbocycles. The van der Waals surface area contributed by atoms with Gasteiger partial charge in [0.2, 0.25) is 0 Å². The first-order chi connectivity index (χ1) is 7.15. The molecule has 2 bridgehead atoms. The number of allylic oxidation sites excluding steroid dienone is 7. The average molecular weight is 202 g/mol. The van der Waals surface area contributed by atoms with Gasteiger partial charge in [0.15, 0.2) is 0 Å². The van der Waals surface area contributed by atoms with Gasteiger partial charge in [-0.15, -0.1) is 0 Å². The molecule has 3 heteroatoms. The summed E-state index contributed by atoms with van der Waals surface area (Å²) < 4.78 is 0. The first-order valence-corrected chi connectivity index (χ1v) is 4.58. The average Bonchev–Trinajstić information content (AvgIpc) is 2.47. The number of aliphatic carboxylic acids is 1. The van der Waals surface area contributed by atoms with Crippen molar-refractivity contribution in [3.63, 3.8) is 0 Å². The number of carbonyl (C=O) groups is 1. The second-order valence-corrected chi connectivity index (χ2v) is 3.47. The van der Waals surface area contributed by atoms with Crippen molar-refractivity contribution in [3.8, 4) is 0 Å². The molecule has 0 saturated heterocycles. The molecule has 0 atom stereocenters. The highest BCUT2D eigenvalue weighted by Gasteiger charge is 2.11. The van der Waals surface area contributed by atoms with Crippen molar-refractivity contribution < 1.29 is 15.0 Å². The maximum Gasteiger partial charge on any atom is 0.335 e. The summed E-state index contributed by atoms with van der Waals surface area (Å²) in [5.41, 5.74) is 2.05. The van der Waals surface area contributed by atoms with E-state index >= 15 is 0 Å². The summed E-state index contributed by atoms with van der Waals surface area (Å²) >= 11 is 0. The van der Waals surface area contributed by atoms with Crippen molar-refractivity contribution in [2.45, 2.75) is 6.42 Å². The zero-order valence-electron chi connectivity index (χ0n) is 7.97. The summed E-state index contributed by atoms with van der Waals surface area (Å²) in [5.74, 6) is -0.746. The number of hydrogen-bond acceptors (Lipinski definition) is 2. The van der Waals surface area contributed by atoms with Gasteiger partial charge in [-0.3, -0.25) is 0 Å². The second kappa shape index (κ2) is 3.61.